The Morgan fingerprint density at radius 2 is 1.78 bits per heavy atom. The number of hydrogen-bond donors (Lipinski definition) is 0. The summed E-state index contributed by atoms with van der Waals surface area (Å²) in [4.78, 5) is 10.2. The van der Waals surface area contributed by atoms with Crippen LogP contribution in [-0.2, 0) is 19.0 Å². The zero-order valence-corrected chi connectivity index (χ0v) is 11.9. The summed E-state index contributed by atoms with van der Waals surface area (Å²) < 4.78 is 43.5. The quantitative estimate of drug-likeness (QED) is 0.596. The first-order valence-corrected chi connectivity index (χ1v) is 7.00. The highest BCUT2D eigenvalue weighted by Gasteiger charge is 2.33. The molecule has 1 aliphatic carbocycles. The van der Waals surface area contributed by atoms with Crippen molar-refractivity contribution in [3.05, 3.63) is 63.2 Å². The van der Waals surface area contributed by atoms with Crippen molar-refractivity contribution in [2.45, 2.75) is 25.4 Å². The fourth-order valence-electron chi connectivity index (χ4n) is 2.66. The van der Waals surface area contributed by atoms with Crippen molar-refractivity contribution < 1.29 is 22.8 Å². The lowest BCUT2D eigenvalue weighted by atomic mass is 10.1. The van der Waals surface area contributed by atoms with E-state index in [1.165, 1.54) is 5.56 Å². The van der Waals surface area contributed by atoms with Crippen LogP contribution in [0.4, 0.5) is 18.9 Å². The van der Waals surface area contributed by atoms with Gasteiger partial charge in [-0.2, -0.15) is 13.2 Å². The van der Waals surface area contributed by atoms with Crippen LogP contribution in [0.5, 0.6) is 11.5 Å². The predicted molar refractivity (Wildman–Crippen MR) is 76.6 cm³/mol. The minimum absolute atomic E-state index is 0.207. The highest BCUT2D eigenvalue weighted by atomic mass is 19.4. The maximum atomic E-state index is 12.7. The largest absolute Gasteiger partial charge is 0.450 e. The Morgan fingerprint density at radius 1 is 1.04 bits per heavy atom. The van der Waals surface area contributed by atoms with Gasteiger partial charge in [0.1, 0.15) is 5.75 Å². The van der Waals surface area contributed by atoms with E-state index in [1.54, 1.807) is 12.1 Å². The second-order valence-electron chi connectivity index (χ2n) is 5.32. The van der Waals surface area contributed by atoms with Gasteiger partial charge in [-0.1, -0.05) is 6.07 Å². The number of nitro groups is 1. The molecule has 0 amide bonds. The van der Waals surface area contributed by atoms with Gasteiger partial charge in [0.15, 0.2) is 0 Å². The molecule has 3 rings (SSSR count). The van der Waals surface area contributed by atoms with Crippen LogP contribution in [0.2, 0.25) is 0 Å². The molecule has 7 heteroatoms. The zero-order valence-electron chi connectivity index (χ0n) is 11.9. The summed E-state index contributed by atoms with van der Waals surface area (Å²) >= 11 is 0. The standard InChI is InChI=1S/C16H12F3NO3/c17-16(18,19)12-5-7-15(14(9-12)20(21)22)23-13-6-4-10-2-1-3-11(10)8-13/h4-9H,1-3H2. The molecular formula is C16H12F3NO3. The van der Waals surface area contributed by atoms with Gasteiger partial charge in [-0.3, -0.25) is 10.1 Å². The van der Waals surface area contributed by atoms with Crippen LogP contribution in [0, 0.1) is 10.1 Å². The van der Waals surface area contributed by atoms with Gasteiger partial charge < -0.3 is 4.74 Å². The fourth-order valence-corrected chi connectivity index (χ4v) is 2.66. The molecule has 1 aliphatic rings. The predicted octanol–water partition coefficient (Wildman–Crippen LogP) is 4.89. The summed E-state index contributed by atoms with van der Waals surface area (Å²) in [7, 11) is 0. The van der Waals surface area contributed by atoms with Gasteiger partial charge in [-0.25, -0.2) is 0 Å². The Bertz CT molecular complexity index is 772. The Labute approximate surface area is 129 Å². The Balaban J connectivity index is 1.95. The number of hydrogen-bond acceptors (Lipinski definition) is 3. The van der Waals surface area contributed by atoms with E-state index in [4.69, 9.17) is 4.74 Å². The van der Waals surface area contributed by atoms with Gasteiger partial charge in [0, 0.05) is 6.07 Å². The molecule has 0 atom stereocenters. The average molecular weight is 323 g/mol. The monoisotopic (exact) mass is 323 g/mol. The van der Waals surface area contributed by atoms with Crippen molar-refractivity contribution in [2.75, 3.05) is 0 Å². The molecule has 0 unspecified atom stereocenters. The molecular weight excluding hydrogens is 311 g/mol. The van der Waals surface area contributed by atoms with Crippen LogP contribution >= 0.6 is 0 Å². The summed E-state index contributed by atoms with van der Waals surface area (Å²) in [5.74, 6) is 0.175. The maximum Gasteiger partial charge on any atom is 0.416 e. The first-order chi connectivity index (χ1) is 10.8. The minimum atomic E-state index is -4.64. The second kappa shape index (κ2) is 5.57. The van der Waals surface area contributed by atoms with E-state index in [1.807, 2.05) is 6.07 Å². The number of alkyl halides is 3. The number of nitro benzene ring substituents is 1. The molecule has 0 saturated carbocycles. The maximum absolute atomic E-state index is 12.7. The first kappa shape index (κ1) is 15.3. The van der Waals surface area contributed by atoms with Crippen LogP contribution in [0.1, 0.15) is 23.1 Å². The summed E-state index contributed by atoms with van der Waals surface area (Å²) in [5, 5.41) is 11.0. The average Bonchev–Trinajstić information content (AvgIpc) is 2.93. The van der Waals surface area contributed by atoms with Crippen molar-refractivity contribution in [1.29, 1.82) is 0 Å². The lowest BCUT2D eigenvalue weighted by Crippen LogP contribution is -2.06. The molecule has 0 bridgehead atoms. The van der Waals surface area contributed by atoms with Crippen LogP contribution in [0.25, 0.3) is 0 Å². The number of aryl methyl sites for hydroxylation is 2. The molecule has 0 fully saturated rings. The van der Waals surface area contributed by atoms with Gasteiger partial charge >= 0.3 is 11.9 Å². The molecule has 0 aromatic heterocycles. The van der Waals surface area contributed by atoms with Gasteiger partial charge in [-0.05, 0) is 54.7 Å². The highest BCUT2D eigenvalue weighted by Crippen LogP contribution is 2.38. The van der Waals surface area contributed by atoms with E-state index in [2.05, 4.69) is 0 Å². The molecule has 23 heavy (non-hydrogen) atoms. The van der Waals surface area contributed by atoms with E-state index < -0.39 is 22.4 Å². The smallest absolute Gasteiger partial charge is 0.416 e. The SMILES string of the molecule is O=[N+]([O-])c1cc(C(F)(F)F)ccc1Oc1ccc2c(c1)CCC2. The minimum Gasteiger partial charge on any atom is -0.450 e. The lowest BCUT2D eigenvalue weighted by Gasteiger charge is -2.10. The van der Waals surface area contributed by atoms with Crippen molar-refractivity contribution in [1.82, 2.24) is 0 Å². The van der Waals surface area contributed by atoms with Crippen molar-refractivity contribution >= 4 is 5.69 Å². The van der Waals surface area contributed by atoms with Gasteiger partial charge in [0.05, 0.1) is 10.5 Å². The van der Waals surface area contributed by atoms with Gasteiger partial charge in [0.25, 0.3) is 0 Å². The van der Waals surface area contributed by atoms with Gasteiger partial charge in [0.2, 0.25) is 5.75 Å². The normalized spacial score (nSPS) is 13.7. The van der Waals surface area contributed by atoms with Crippen LogP contribution in [0.15, 0.2) is 36.4 Å². The molecule has 0 N–H and O–H groups in total. The Kier molecular flexibility index (Phi) is 3.71. The third-order valence-corrected chi connectivity index (χ3v) is 3.78. The van der Waals surface area contributed by atoms with E-state index in [-0.39, 0.29) is 5.75 Å². The molecule has 2 aromatic rings. The molecule has 0 radical (unpaired) electrons. The highest BCUT2D eigenvalue weighted by molar-refractivity contribution is 5.52. The first-order valence-electron chi connectivity index (χ1n) is 7.00. The van der Waals surface area contributed by atoms with Crippen LogP contribution < -0.4 is 4.74 Å². The summed E-state index contributed by atoms with van der Waals surface area (Å²) in [5.41, 5.74) is 0.530. The third kappa shape index (κ3) is 3.13. The van der Waals surface area contributed by atoms with Crippen LogP contribution in [0.3, 0.4) is 0 Å². The number of fused-ring (bicyclic) bond motifs is 1. The second-order valence-corrected chi connectivity index (χ2v) is 5.32. The van der Waals surface area contributed by atoms with Crippen molar-refractivity contribution in [2.24, 2.45) is 0 Å². The fraction of sp³-hybridized carbons (Fsp3) is 0.250. The molecule has 120 valence electrons. The Hall–Kier alpha value is -2.57. The molecule has 0 spiro atoms. The number of nitrogens with zero attached hydrogens (tertiary/aromatic N) is 1. The number of benzene rings is 2. The summed E-state index contributed by atoms with van der Waals surface area (Å²) in [6.45, 7) is 0. The lowest BCUT2D eigenvalue weighted by molar-refractivity contribution is -0.385. The van der Waals surface area contributed by atoms with E-state index in [0.717, 1.165) is 37.0 Å². The van der Waals surface area contributed by atoms with Gasteiger partial charge in [-0.15, -0.1) is 0 Å². The van der Waals surface area contributed by atoms with E-state index in [0.29, 0.717) is 11.8 Å². The molecule has 2 aromatic carbocycles. The molecule has 4 nitrogen and oxygen atoms in total. The zero-order chi connectivity index (χ0) is 16.6. The number of ether oxygens (including phenoxy) is 1. The van der Waals surface area contributed by atoms with Crippen molar-refractivity contribution in [3.63, 3.8) is 0 Å². The van der Waals surface area contributed by atoms with E-state index in [9.17, 15) is 23.3 Å². The van der Waals surface area contributed by atoms with Crippen molar-refractivity contribution in [3.8, 4) is 11.5 Å². The molecule has 0 saturated heterocycles. The van der Waals surface area contributed by atoms with E-state index >= 15 is 0 Å². The summed E-state index contributed by atoms with van der Waals surface area (Å²) in [6, 6.07) is 7.58. The topological polar surface area (TPSA) is 52.4 Å². The number of rotatable bonds is 3. The molecule has 0 aliphatic heterocycles. The van der Waals surface area contributed by atoms with Crippen LogP contribution in [-0.4, -0.2) is 4.92 Å². The number of halogens is 3. The summed E-state index contributed by atoms with van der Waals surface area (Å²) in [6.07, 6.45) is -1.71. The molecule has 0 heterocycles. The third-order valence-electron chi connectivity index (χ3n) is 3.78. The Morgan fingerprint density at radius 3 is 2.48 bits per heavy atom.